The standard InChI is InChI=1S/C16H19FN2O4S/c1-11-8-14(4-5-15(11)17)24(21,22)18-6-7-19-12(2)9-13(23-3)10-16(19)20/h4-5,8-10,18H,6-7H2,1-3H3. The number of methoxy groups -OCH3 is 1. The number of aromatic nitrogens is 1. The van der Waals surface area contributed by atoms with Crippen molar-refractivity contribution < 1.29 is 17.5 Å². The van der Waals surface area contributed by atoms with E-state index in [1.807, 2.05) is 0 Å². The Morgan fingerprint density at radius 3 is 2.50 bits per heavy atom. The van der Waals surface area contributed by atoms with E-state index in [1.54, 1.807) is 13.0 Å². The summed E-state index contributed by atoms with van der Waals surface area (Å²) in [4.78, 5) is 12.0. The minimum absolute atomic E-state index is 0.0137. The summed E-state index contributed by atoms with van der Waals surface area (Å²) in [6.45, 7) is 3.44. The van der Waals surface area contributed by atoms with Crippen LogP contribution in [-0.2, 0) is 16.6 Å². The molecule has 1 N–H and O–H groups in total. The summed E-state index contributed by atoms with van der Waals surface area (Å²) in [5.41, 5.74) is 0.639. The molecule has 1 heterocycles. The fourth-order valence-electron chi connectivity index (χ4n) is 2.26. The summed E-state index contributed by atoms with van der Waals surface area (Å²) in [7, 11) is -2.30. The lowest BCUT2D eigenvalue weighted by molar-refractivity contribution is 0.411. The van der Waals surface area contributed by atoms with Crippen molar-refractivity contribution >= 4 is 10.0 Å². The normalized spacial score (nSPS) is 11.5. The van der Waals surface area contributed by atoms with Gasteiger partial charge in [0.15, 0.2) is 0 Å². The molecule has 0 spiro atoms. The van der Waals surface area contributed by atoms with Crippen LogP contribution in [0.1, 0.15) is 11.3 Å². The lowest BCUT2D eigenvalue weighted by atomic mass is 10.2. The van der Waals surface area contributed by atoms with Gasteiger partial charge in [0.2, 0.25) is 10.0 Å². The zero-order chi connectivity index (χ0) is 17.9. The maximum Gasteiger partial charge on any atom is 0.254 e. The molecule has 0 saturated carbocycles. The van der Waals surface area contributed by atoms with E-state index >= 15 is 0 Å². The molecular weight excluding hydrogens is 335 g/mol. The van der Waals surface area contributed by atoms with Gasteiger partial charge in [0.1, 0.15) is 11.6 Å². The van der Waals surface area contributed by atoms with Gasteiger partial charge in [0, 0.05) is 24.8 Å². The second kappa shape index (κ2) is 7.14. The third-order valence-electron chi connectivity index (χ3n) is 3.61. The molecule has 130 valence electrons. The Bertz CT molecular complexity index is 907. The topological polar surface area (TPSA) is 77.4 Å². The Morgan fingerprint density at radius 2 is 1.92 bits per heavy atom. The van der Waals surface area contributed by atoms with E-state index in [9.17, 15) is 17.6 Å². The molecule has 1 aromatic heterocycles. The predicted molar refractivity (Wildman–Crippen MR) is 88.3 cm³/mol. The van der Waals surface area contributed by atoms with Crippen LogP contribution in [0.4, 0.5) is 4.39 Å². The van der Waals surface area contributed by atoms with E-state index < -0.39 is 15.8 Å². The van der Waals surface area contributed by atoms with Gasteiger partial charge in [0.25, 0.3) is 5.56 Å². The smallest absolute Gasteiger partial charge is 0.254 e. The van der Waals surface area contributed by atoms with Crippen molar-refractivity contribution in [2.24, 2.45) is 0 Å². The minimum Gasteiger partial charge on any atom is -0.496 e. The van der Waals surface area contributed by atoms with E-state index in [0.29, 0.717) is 11.4 Å². The van der Waals surface area contributed by atoms with Gasteiger partial charge in [-0.05, 0) is 43.7 Å². The molecule has 0 aliphatic carbocycles. The average Bonchev–Trinajstić information content (AvgIpc) is 2.52. The van der Waals surface area contributed by atoms with E-state index in [0.717, 1.165) is 6.07 Å². The van der Waals surface area contributed by atoms with E-state index in [-0.39, 0.29) is 29.1 Å². The fourth-order valence-corrected chi connectivity index (χ4v) is 3.37. The van der Waals surface area contributed by atoms with Crippen LogP contribution in [0.3, 0.4) is 0 Å². The van der Waals surface area contributed by atoms with Crippen LogP contribution < -0.4 is 15.0 Å². The quantitative estimate of drug-likeness (QED) is 0.855. The van der Waals surface area contributed by atoms with Gasteiger partial charge >= 0.3 is 0 Å². The first-order valence-corrected chi connectivity index (χ1v) is 8.74. The molecule has 0 fully saturated rings. The van der Waals surface area contributed by atoms with Crippen molar-refractivity contribution in [3.63, 3.8) is 0 Å². The van der Waals surface area contributed by atoms with Crippen molar-refractivity contribution in [3.05, 3.63) is 57.8 Å². The summed E-state index contributed by atoms with van der Waals surface area (Å²) < 4.78 is 46.5. The van der Waals surface area contributed by atoms with E-state index in [1.165, 1.54) is 36.8 Å². The Labute approximate surface area is 139 Å². The zero-order valence-electron chi connectivity index (χ0n) is 13.7. The van der Waals surface area contributed by atoms with E-state index in [4.69, 9.17) is 4.74 Å². The van der Waals surface area contributed by atoms with Crippen molar-refractivity contribution in [1.82, 2.24) is 9.29 Å². The first kappa shape index (κ1) is 18.2. The molecule has 0 atom stereocenters. The van der Waals surface area contributed by atoms with Crippen molar-refractivity contribution in [2.75, 3.05) is 13.7 Å². The van der Waals surface area contributed by atoms with Gasteiger partial charge in [-0.2, -0.15) is 0 Å². The number of nitrogens with zero attached hydrogens (tertiary/aromatic N) is 1. The van der Waals surface area contributed by atoms with Crippen LogP contribution in [-0.4, -0.2) is 26.6 Å². The lowest BCUT2D eigenvalue weighted by Crippen LogP contribution is -2.31. The number of pyridine rings is 1. The van der Waals surface area contributed by atoms with E-state index in [2.05, 4.69) is 4.72 Å². The molecule has 0 bridgehead atoms. The van der Waals surface area contributed by atoms with Crippen LogP contribution in [0.5, 0.6) is 5.75 Å². The van der Waals surface area contributed by atoms with Crippen LogP contribution in [0.15, 0.2) is 40.0 Å². The number of sulfonamides is 1. The second-order valence-corrected chi connectivity index (χ2v) is 7.10. The van der Waals surface area contributed by atoms with Gasteiger partial charge < -0.3 is 9.30 Å². The Hall–Kier alpha value is -2.19. The third kappa shape index (κ3) is 4.01. The number of nitrogens with one attached hydrogen (secondary N) is 1. The molecule has 1 aromatic carbocycles. The predicted octanol–water partition coefficient (Wildman–Crippen LogP) is 1.59. The number of hydrogen-bond donors (Lipinski definition) is 1. The van der Waals surface area contributed by atoms with Gasteiger partial charge in [-0.3, -0.25) is 4.79 Å². The molecule has 0 aliphatic heterocycles. The second-order valence-electron chi connectivity index (χ2n) is 5.34. The van der Waals surface area contributed by atoms with Crippen molar-refractivity contribution in [3.8, 4) is 5.75 Å². The number of aryl methyl sites for hydroxylation is 2. The first-order valence-electron chi connectivity index (χ1n) is 7.26. The highest BCUT2D eigenvalue weighted by Crippen LogP contribution is 2.14. The number of ether oxygens (including phenoxy) is 1. The first-order chi connectivity index (χ1) is 11.2. The SMILES string of the molecule is COc1cc(C)n(CCNS(=O)(=O)c2ccc(F)c(C)c2)c(=O)c1. The molecular formula is C16H19FN2O4S. The summed E-state index contributed by atoms with van der Waals surface area (Å²) in [5, 5.41) is 0. The molecule has 6 nitrogen and oxygen atoms in total. The molecule has 8 heteroatoms. The number of rotatable bonds is 6. The molecule has 0 amide bonds. The Balaban J connectivity index is 2.11. The molecule has 24 heavy (non-hydrogen) atoms. The molecule has 0 aliphatic rings. The summed E-state index contributed by atoms with van der Waals surface area (Å²) in [6.07, 6.45) is 0. The number of hydrogen-bond acceptors (Lipinski definition) is 4. The minimum atomic E-state index is -3.76. The number of benzene rings is 1. The maximum absolute atomic E-state index is 13.2. The van der Waals surface area contributed by atoms with Gasteiger partial charge in [-0.15, -0.1) is 0 Å². The van der Waals surface area contributed by atoms with Gasteiger partial charge in [-0.25, -0.2) is 17.5 Å². The highest BCUT2D eigenvalue weighted by molar-refractivity contribution is 7.89. The Kier molecular flexibility index (Phi) is 5.40. The molecule has 0 saturated heterocycles. The highest BCUT2D eigenvalue weighted by atomic mass is 32.2. The molecule has 0 radical (unpaired) electrons. The largest absolute Gasteiger partial charge is 0.496 e. The monoisotopic (exact) mass is 354 g/mol. The molecule has 2 aromatic rings. The highest BCUT2D eigenvalue weighted by Gasteiger charge is 2.15. The molecule has 0 unspecified atom stereocenters. The number of halogens is 1. The van der Waals surface area contributed by atoms with Crippen molar-refractivity contribution in [1.29, 1.82) is 0 Å². The third-order valence-corrected chi connectivity index (χ3v) is 5.07. The fraction of sp³-hybridized carbons (Fsp3) is 0.312. The summed E-state index contributed by atoms with van der Waals surface area (Å²) >= 11 is 0. The van der Waals surface area contributed by atoms with Gasteiger partial charge in [-0.1, -0.05) is 0 Å². The van der Waals surface area contributed by atoms with Crippen LogP contribution in [0.2, 0.25) is 0 Å². The summed E-state index contributed by atoms with van der Waals surface area (Å²) in [5.74, 6) is -0.00882. The van der Waals surface area contributed by atoms with Crippen LogP contribution in [0.25, 0.3) is 0 Å². The van der Waals surface area contributed by atoms with Crippen molar-refractivity contribution in [2.45, 2.75) is 25.3 Å². The average molecular weight is 354 g/mol. The summed E-state index contributed by atoms with van der Waals surface area (Å²) in [6, 6.07) is 6.62. The lowest BCUT2D eigenvalue weighted by Gasteiger charge is -2.12. The Morgan fingerprint density at radius 1 is 1.21 bits per heavy atom. The maximum atomic E-state index is 13.2. The zero-order valence-corrected chi connectivity index (χ0v) is 14.5. The van der Waals surface area contributed by atoms with Crippen LogP contribution >= 0.6 is 0 Å². The van der Waals surface area contributed by atoms with Crippen LogP contribution in [0, 0.1) is 19.7 Å². The van der Waals surface area contributed by atoms with Gasteiger partial charge in [0.05, 0.1) is 12.0 Å². The molecule has 2 rings (SSSR count).